The zero-order chi connectivity index (χ0) is 18.6. The molecule has 3 fully saturated rings. The molecule has 0 amide bonds. The van der Waals surface area contributed by atoms with Crippen molar-refractivity contribution in [3.05, 3.63) is 23.9 Å². The highest BCUT2D eigenvalue weighted by molar-refractivity contribution is 5.75. The van der Waals surface area contributed by atoms with E-state index in [1.54, 1.807) is 6.20 Å². The Bertz CT molecular complexity index is 616. The van der Waals surface area contributed by atoms with Crippen LogP contribution in [0.5, 0.6) is 0 Å². The number of carboxylic acid groups (broad SMARTS) is 1. The SMILES string of the molecule is O=C(O)[C@H](c1ccc(N2CCCCC2)nc1)N1CCC(N2CCCC2)CC1. The molecule has 27 heavy (non-hydrogen) atoms. The fourth-order valence-electron chi connectivity index (χ4n) is 4.99. The predicted octanol–water partition coefficient (Wildman–Crippen LogP) is 2.76. The largest absolute Gasteiger partial charge is 0.480 e. The Balaban J connectivity index is 1.41. The summed E-state index contributed by atoms with van der Waals surface area (Å²) < 4.78 is 0. The summed E-state index contributed by atoms with van der Waals surface area (Å²) in [4.78, 5) is 23.7. The van der Waals surface area contributed by atoms with E-state index in [-0.39, 0.29) is 0 Å². The van der Waals surface area contributed by atoms with Gasteiger partial charge in [-0.2, -0.15) is 0 Å². The number of rotatable bonds is 5. The molecule has 3 aliphatic rings. The molecule has 0 bridgehead atoms. The number of carboxylic acids is 1. The van der Waals surface area contributed by atoms with Crippen molar-refractivity contribution in [1.82, 2.24) is 14.8 Å². The van der Waals surface area contributed by atoms with E-state index in [0.717, 1.165) is 50.4 Å². The van der Waals surface area contributed by atoms with Gasteiger partial charge >= 0.3 is 5.97 Å². The van der Waals surface area contributed by atoms with Crippen LogP contribution in [0.15, 0.2) is 18.3 Å². The molecule has 4 rings (SSSR count). The van der Waals surface area contributed by atoms with Crippen LogP contribution in [-0.2, 0) is 4.79 Å². The molecule has 0 aromatic carbocycles. The lowest BCUT2D eigenvalue weighted by atomic mass is 9.99. The Morgan fingerprint density at radius 1 is 0.963 bits per heavy atom. The van der Waals surface area contributed by atoms with Gasteiger partial charge in [0.05, 0.1) is 0 Å². The normalized spacial score (nSPS) is 24.2. The van der Waals surface area contributed by atoms with E-state index >= 15 is 0 Å². The van der Waals surface area contributed by atoms with E-state index in [2.05, 4.69) is 19.7 Å². The number of aromatic nitrogens is 1. The van der Waals surface area contributed by atoms with E-state index in [4.69, 9.17) is 0 Å². The maximum atomic E-state index is 12.0. The summed E-state index contributed by atoms with van der Waals surface area (Å²) in [5, 5.41) is 9.88. The van der Waals surface area contributed by atoms with E-state index in [9.17, 15) is 9.90 Å². The average molecular weight is 373 g/mol. The van der Waals surface area contributed by atoms with Gasteiger partial charge in [0.1, 0.15) is 11.9 Å². The van der Waals surface area contributed by atoms with Crippen LogP contribution in [0.4, 0.5) is 5.82 Å². The molecule has 0 spiro atoms. The van der Waals surface area contributed by atoms with E-state index in [1.165, 1.54) is 45.2 Å². The number of hydrogen-bond acceptors (Lipinski definition) is 5. The van der Waals surface area contributed by atoms with E-state index in [0.29, 0.717) is 6.04 Å². The first-order chi connectivity index (χ1) is 13.2. The zero-order valence-electron chi connectivity index (χ0n) is 16.2. The molecule has 3 aliphatic heterocycles. The molecule has 6 nitrogen and oxygen atoms in total. The maximum Gasteiger partial charge on any atom is 0.325 e. The third-order valence-corrected chi connectivity index (χ3v) is 6.52. The highest BCUT2D eigenvalue weighted by Crippen LogP contribution is 2.29. The molecule has 1 atom stereocenters. The minimum atomic E-state index is -0.762. The quantitative estimate of drug-likeness (QED) is 0.858. The van der Waals surface area contributed by atoms with Gasteiger partial charge in [0.2, 0.25) is 0 Å². The fourth-order valence-corrected chi connectivity index (χ4v) is 4.99. The van der Waals surface area contributed by atoms with Gasteiger partial charge in [0, 0.05) is 38.4 Å². The monoisotopic (exact) mass is 372 g/mol. The zero-order valence-corrected chi connectivity index (χ0v) is 16.2. The second-order valence-corrected chi connectivity index (χ2v) is 8.25. The lowest BCUT2D eigenvalue weighted by molar-refractivity contribution is -0.144. The number of nitrogens with zero attached hydrogens (tertiary/aromatic N) is 4. The second-order valence-electron chi connectivity index (χ2n) is 8.25. The molecule has 1 aromatic rings. The minimum absolute atomic E-state index is 0.576. The maximum absolute atomic E-state index is 12.0. The number of pyridine rings is 1. The first kappa shape index (κ1) is 18.7. The lowest BCUT2D eigenvalue weighted by Crippen LogP contribution is -2.46. The molecular weight excluding hydrogens is 340 g/mol. The van der Waals surface area contributed by atoms with E-state index in [1.807, 2.05) is 12.1 Å². The van der Waals surface area contributed by atoms with Gasteiger partial charge in [0.25, 0.3) is 0 Å². The molecule has 0 saturated carbocycles. The average Bonchev–Trinajstić information content (AvgIpc) is 3.25. The molecule has 0 aliphatic carbocycles. The Kier molecular flexibility index (Phi) is 5.93. The standard InChI is InChI=1S/C21H32N4O2/c26-21(27)20(25-14-8-18(9-15-25)23-10-4-5-11-23)17-6-7-19(22-16-17)24-12-2-1-3-13-24/h6-7,16,18,20H,1-5,8-15H2,(H,26,27)/t20-/m0/s1. The Morgan fingerprint density at radius 2 is 1.63 bits per heavy atom. The number of hydrogen-bond donors (Lipinski definition) is 1. The first-order valence-electron chi connectivity index (χ1n) is 10.6. The van der Waals surface area contributed by atoms with Crippen molar-refractivity contribution >= 4 is 11.8 Å². The van der Waals surface area contributed by atoms with Gasteiger partial charge in [-0.15, -0.1) is 0 Å². The summed E-state index contributed by atoms with van der Waals surface area (Å²) in [6, 6.07) is 4.04. The number of aliphatic carboxylic acids is 1. The molecule has 0 radical (unpaired) electrons. The number of piperidine rings is 2. The smallest absolute Gasteiger partial charge is 0.325 e. The number of carbonyl (C=O) groups is 1. The summed E-state index contributed by atoms with van der Waals surface area (Å²) in [6.07, 6.45) is 10.3. The van der Waals surface area contributed by atoms with Gasteiger partial charge in [-0.3, -0.25) is 9.69 Å². The van der Waals surface area contributed by atoms with Crippen LogP contribution in [0, 0.1) is 0 Å². The lowest BCUT2D eigenvalue weighted by Gasteiger charge is -2.39. The summed E-state index contributed by atoms with van der Waals surface area (Å²) in [7, 11) is 0. The van der Waals surface area contributed by atoms with Crippen molar-refractivity contribution in [2.45, 2.75) is 57.0 Å². The first-order valence-corrected chi connectivity index (χ1v) is 10.6. The minimum Gasteiger partial charge on any atom is -0.480 e. The number of likely N-dealkylation sites (tertiary alicyclic amines) is 2. The van der Waals surface area contributed by atoms with Crippen LogP contribution in [0.25, 0.3) is 0 Å². The highest BCUT2D eigenvalue weighted by atomic mass is 16.4. The molecule has 3 saturated heterocycles. The van der Waals surface area contributed by atoms with Crippen molar-refractivity contribution in [1.29, 1.82) is 0 Å². The summed E-state index contributed by atoms with van der Waals surface area (Å²) in [5.74, 6) is 0.220. The molecule has 148 valence electrons. The van der Waals surface area contributed by atoms with Gasteiger partial charge in [0.15, 0.2) is 0 Å². The predicted molar refractivity (Wildman–Crippen MR) is 106 cm³/mol. The summed E-state index contributed by atoms with van der Waals surface area (Å²) in [6.45, 7) is 6.25. The molecule has 1 N–H and O–H groups in total. The molecule has 0 unspecified atom stereocenters. The molecule has 1 aromatic heterocycles. The third-order valence-electron chi connectivity index (χ3n) is 6.52. The molecule has 4 heterocycles. The van der Waals surface area contributed by atoms with Crippen molar-refractivity contribution in [2.24, 2.45) is 0 Å². The van der Waals surface area contributed by atoms with Crippen molar-refractivity contribution in [3.8, 4) is 0 Å². The van der Waals surface area contributed by atoms with Crippen molar-refractivity contribution in [3.63, 3.8) is 0 Å². The van der Waals surface area contributed by atoms with Gasteiger partial charge in [-0.05, 0) is 69.7 Å². The third kappa shape index (κ3) is 4.27. The Morgan fingerprint density at radius 3 is 2.22 bits per heavy atom. The van der Waals surface area contributed by atoms with Crippen LogP contribution >= 0.6 is 0 Å². The highest BCUT2D eigenvalue weighted by Gasteiger charge is 2.33. The molecule has 6 heteroatoms. The van der Waals surface area contributed by atoms with Crippen LogP contribution in [0.2, 0.25) is 0 Å². The van der Waals surface area contributed by atoms with Crippen LogP contribution in [0.1, 0.15) is 56.6 Å². The van der Waals surface area contributed by atoms with Crippen LogP contribution < -0.4 is 4.90 Å². The number of anilines is 1. The van der Waals surface area contributed by atoms with Crippen LogP contribution in [-0.4, -0.2) is 71.2 Å². The fraction of sp³-hybridized carbons (Fsp3) is 0.714. The van der Waals surface area contributed by atoms with Gasteiger partial charge < -0.3 is 14.9 Å². The Hall–Kier alpha value is -1.66. The summed E-state index contributed by atoms with van der Waals surface area (Å²) in [5.41, 5.74) is 0.808. The second kappa shape index (κ2) is 8.57. The van der Waals surface area contributed by atoms with Crippen LogP contribution in [0.3, 0.4) is 0 Å². The van der Waals surface area contributed by atoms with Crippen molar-refractivity contribution < 1.29 is 9.90 Å². The molecular formula is C21H32N4O2. The van der Waals surface area contributed by atoms with E-state index < -0.39 is 12.0 Å². The van der Waals surface area contributed by atoms with Gasteiger partial charge in [-0.1, -0.05) is 6.07 Å². The summed E-state index contributed by atoms with van der Waals surface area (Å²) >= 11 is 0. The van der Waals surface area contributed by atoms with Gasteiger partial charge in [-0.25, -0.2) is 4.98 Å². The topological polar surface area (TPSA) is 59.9 Å². The van der Waals surface area contributed by atoms with Crippen molar-refractivity contribution in [2.75, 3.05) is 44.2 Å². The Labute approximate surface area is 162 Å².